The van der Waals surface area contributed by atoms with Crippen LogP contribution in [0.2, 0.25) is 0 Å². The zero-order chi connectivity index (χ0) is 21.3. The Balaban J connectivity index is 1.47. The second-order valence-electron chi connectivity index (χ2n) is 7.68. The second kappa shape index (κ2) is 8.03. The molecule has 1 heterocycles. The molecule has 30 heavy (non-hydrogen) atoms. The Labute approximate surface area is 175 Å². The number of carbonyl (C=O) groups excluding carboxylic acids is 1. The molecule has 3 aromatic carbocycles. The van der Waals surface area contributed by atoms with Crippen molar-refractivity contribution in [3.63, 3.8) is 0 Å². The average molecular weight is 400 g/mol. The van der Waals surface area contributed by atoms with Gasteiger partial charge in [0, 0.05) is 11.3 Å². The number of rotatable bonds is 5. The summed E-state index contributed by atoms with van der Waals surface area (Å²) in [5, 5.41) is 2.86. The van der Waals surface area contributed by atoms with E-state index < -0.39 is 0 Å². The number of nitrogens with zero attached hydrogens (tertiary/aromatic N) is 1. The maximum atomic E-state index is 12.3. The molecule has 4 rings (SSSR count). The Kier molecular flexibility index (Phi) is 5.27. The van der Waals surface area contributed by atoms with Gasteiger partial charge >= 0.3 is 0 Å². The fourth-order valence-electron chi connectivity index (χ4n) is 3.54. The fourth-order valence-corrected chi connectivity index (χ4v) is 3.54. The van der Waals surface area contributed by atoms with Gasteiger partial charge in [0.2, 0.25) is 5.89 Å². The summed E-state index contributed by atoms with van der Waals surface area (Å²) in [5.41, 5.74) is 7.48. The van der Waals surface area contributed by atoms with Crippen LogP contribution in [0, 0.1) is 27.7 Å². The number of aromatic nitrogens is 1. The summed E-state index contributed by atoms with van der Waals surface area (Å²) in [6, 6.07) is 17.5. The summed E-state index contributed by atoms with van der Waals surface area (Å²) in [6.07, 6.45) is 0. The van der Waals surface area contributed by atoms with Gasteiger partial charge in [-0.25, -0.2) is 4.98 Å². The van der Waals surface area contributed by atoms with Crippen molar-refractivity contribution in [3.05, 3.63) is 76.9 Å². The van der Waals surface area contributed by atoms with Crippen molar-refractivity contribution in [1.82, 2.24) is 4.98 Å². The third-order valence-corrected chi connectivity index (χ3v) is 4.85. The lowest BCUT2D eigenvalue weighted by Gasteiger charge is -2.09. The number of amides is 1. The van der Waals surface area contributed by atoms with Gasteiger partial charge in [0.15, 0.2) is 12.2 Å². The van der Waals surface area contributed by atoms with Crippen LogP contribution in [-0.2, 0) is 4.79 Å². The number of fused-ring (bicyclic) bond motifs is 1. The third-order valence-electron chi connectivity index (χ3n) is 4.85. The lowest BCUT2D eigenvalue weighted by Crippen LogP contribution is -2.20. The molecular weight excluding hydrogens is 376 g/mol. The summed E-state index contributed by atoms with van der Waals surface area (Å²) in [7, 11) is 0. The molecule has 0 aliphatic carbocycles. The number of hydrogen-bond donors (Lipinski definition) is 1. The number of carbonyl (C=O) groups is 1. The topological polar surface area (TPSA) is 64.4 Å². The number of oxazole rings is 1. The van der Waals surface area contributed by atoms with E-state index in [1.807, 2.05) is 51.1 Å². The molecule has 0 fully saturated rings. The van der Waals surface area contributed by atoms with Gasteiger partial charge in [0.1, 0.15) is 11.3 Å². The molecule has 0 unspecified atom stereocenters. The van der Waals surface area contributed by atoms with Crippen LogP contribution in [0.25, 0.3) is 22.6 Å². The number of aryl methyl sites for hydroxylation is 4. The average Bonchev–Trinajstić information content (AvgIpc) is 3.08. The number of anilines is 1. The zero-order valence-corrected chi connectivity index (χ0v) is 17.6. The summed E-state index contributed by atoms with van der Waals surface area (Å²) >= 11 is 0. The van der Waals surface area contributed by atoms with Crippen LogP contribution >= 0.6 is 0 Å². The molecule has 0 atom stereocenters. The van der Waals surface area contributed by atoms with Crippen molar-refractivity contribution in [1.29, 1.82) is 0 Å². The van der Waals surface area contributed by atoms with Gasteiger partial charge in [-0.2, -0.15) is 0 Å². The van der Waals surface area contributed by atoms with Gasteiger partial charge in [-0.05, 0) is 80.8 Å². The molecule has 0 aliphatic rings. The lowest BCUT2D eigenvalue weighted by molar-refractivity contribution is -0.118. The molecule has 0 spiro atoms. The molecular formula is C25H24N2O3. The largest absolute Gasteiger partial charge is 0.484 e. The molecule has 5 nitrogen and oxygen atoms in total. The Bertz CT molecular complexity index is 1220. The van der Waals surface area contributed by atoms with Crippen molar-refractivity contribution in [2.24, 2.45) is 0 Å². The normalized spacial score (nSPS) is 10.9. The number of ether oxygens (including phenoxy) is 1. The van der Waals surface area contributed by atoms with Crippen LogP contribution in [0.1, 0.15) is 22.3 Å². The van der Waals surface area contributed by atoms with Gasteiger partial charge in [-0.1, -0.05) is 23.8 Å². The van der Waals surface area contributed by atoms with Crippen LogP contribution in [-0.4, -0.2) is 17.5 Å². The van der Waals surface area contributed by atoms with Crippen LogP contribution in [0.3, 0.4) is 0 Å². The van der Waals surface area contributed by atoms with E-state index in [0.29, 0.717) is 28.4 Å². The Morgan fingerprint density at radius 3 is 2.43 bits per heavy atom. The standard InChI is InChI=1S/C25H24N2O3/c1-15-5-7-21(18(4)10-15)25-27-22-13-19(6-8-23(22)30-25)26-24(28)14-29-20-11-16(2)9-17(3)12-20/h5-13H,14H2,1-4H3,(H,26,28). The van der Waals surface area contributed by atoms with Gasteiger partial charge < -0.3 is 14.5 Å². The molecule has 1 aromatic heterocycles. The van der Waals surface area contributed by atoms with E-state index in [0.717, 1.165) is 22.3 Å². The maximum Gasteiger partial charge on any atom is 0.262 e. The van der Waals surface area contributed by atoms with E-state index in [1.165, 1.54) is 5.56 Å². The molecule has 5 heteroatoms. The molecule has 0 radical (unpaired) electrons. The van der Waals surface area contributed by atoms with Crippen molar-refractivity contribution in [2.75, 3.05) is 11.9 Å². The molecule has 4 aromatic rings. The number of benzene rings is 3. The monoisotopic (exact) mass is 400 g/mol. The molecule has 1 amide bonds. The van der Waals surface area contributed by atoms with E-state index in [4.69, 9.17) is 9.15 Å². The van der Waals surface area contributed by atoms with Crippen molar-refractivity contribution in [2.45, 2.75) is 27.7 Å². The molecule has 152 valence electrons. The van der Waals surface area contributed by atoms with E-state index in [1.54, 1.807) is 12.1 Å². The third kappa shape index (κ3) is 4.35. The van der Waals surface area contributed by atoms with E-state index in [-0.39, 0.29) is 12.5 Å². The molecule has 0 saturated heterocycles. The van der Waals surface area contributed by atoms with Gasteiger partial charge in [-0.3, -0.25) is 4.79 Å². The van der Waals surface area contributed by atoms with Crippen molar-refractivity contribution in [3.8, 4) is 17.2 Å². The molecule has 0 bridgehead atoms. The zero-order valence-electron chi connectivity index (χ0n) is 17.6. The predicted octanol–water partition coefficient (Wildman–Crippen LogP) is 5.75. The van der Waals surface area contributed by atoms with Crippen LogP contribution in [0.4, 0.5) is 5.69 Å². The Morgan fingerprint density at radius 2 is 1.70 bits per heavy atom. The molecule has 0 saturated carbocycles. The van der Waals surface area contributed by atoms with Crippen LogP contribution in [0.15, 0.2) is 59.0 Å². The molecule has 1 N–H and O–H groups in total. The van der Waals surface area contributed by atoms with E-state index in [2.05, 4.69) is 29.4 Å². The summed E-state index contributed by atoms with van der Waals surface area (Å²) in [5.74, 6) is 1.03. The summed E-state index contributed by atoms with van der Waals surface area (Å²) in [6.45, 7) is 8.03. The van der Waals surface area contributed by atoms with Crippen molar-refractivity contribution >= 4 is 22.7 Å². The highest BCUT2D eigenvalue weighted by Crippen LogP contribution is 2.28. The number of hydrogen-bond acceptors (Lipinski definition) is 4. The maximum absolute atomic E-state index is 12.3. The highest BCUT2D eigenvalue weighted by molar-refractivity contribution is 5.94. The van der Waals surface area contributed by atoms with E-state index >= 15 is 0 Å². The number of nitrogens with one attached hydrogen (secondary N) is 1. The first kappa shape index (κ1) is 19.7. The minimum absolute atomic E-state index is 0.0619. The van der Waals surface area contributed by atoms with Gasteiger partial charge in [-0.15, -0.1) is 0 Å². The van der Waals surface area contributed by atoms with Gasteiger partial charge in [0.05, 0.1) is 0 Å². The first-order valence-electron chi connectivity index (χ1n) is 9.86. The highest BCUT2D eigenvalue weighted by Gasteiger charge is 2.12. The fraction of sp³-hybridized carbons (Fsp3) is 0.200. The molecule has 0 aliphatic heterocycles. The minimum atomic E-state index is -0.230. The van der Waals surface area contributed by atoms with Crippen LogP contribution < -0.4 is 10.1 Å². The first-order valence-corrected chi connectivity index (χ1v) is 9.86. The predicted molar refractivity (Wildman–Crippen MR) is 119 cm³/mol. The van der Waals surface area contributed by atoms with Crippen LogP contribution in [0.5, 0.6) is 5.75 Å². The smallest absolute Gasteiger partial charge is 0.262 e. The highest BCUT2D eigenvalue weighted by atomic mass is 16.5. The first-order chi connectivity index (χ1) is 14.4. The quantitative estimate of drug-likeness (QED) is 0.463. The summed E-state index contributed by atoms with van der Waals surface area (Å²) in [4.78, 5) is 16.9. The van der Waals surface area contributed by atoms with Crippen molar-refractivity contribution < 1.29 is 13.9 Å². The second-order valence-corrected chi connectivity index (χ2v) is 7.68. The van der Waals surface area contributed by atoms with E-state index in [9.17, 15) is 4.79 Å². The summed E-state index contributed by atoms with van der Waals surface area (Å²) < 4.78 is 11.5. The SMILES string of the molecule is Cc1cc(C)cc(OCC(=O)Nc2ccc3oc(-c4ccc(C)cc4C)nc3c2)c1. The Morgan fingerprint density at radius 1 is 0.933 bits per heavy atom. The lowest BCUT2D eigenvalue weighted by atomic mass is 10.1. The minimum Gasteiger partial charge on any atom is -0.484 e. The van der Waals surface area contributed by atoms with Gasteiger partial charge in [0.25, 0.3) is 5.91 Å². The Hall–Kier alpha value is -3.60.